The van der Waals surface area contributed by atoms with Gasteiger partial charge in [-0.15, -0.1) is 0 Å². The number of ether oxygens (including phenoxy) is 1. The van der Waals surface area contributed by atoms with Gasteiger partial charge in [0, 0.05) is 30.2 Å². The van der Waals surface area contributed by atoms with Crippen molar-refractivity contribution in [3.8, 4) is 16.9 Å². The Balaban J connectivity index is 1.66. The standard InChI is InChI=1S/C26H30N2O2/c1-17-9-8-10-18(2)25(17)23-15-19(3)27-24-16-21(11-12-22(23)24)30-20(4)26(29)28-13-6-5-7-14-28/h8-12,15-16,20H,5-7,13-14H2,1-4H3/t20-/m1/s1. The Hall–Kier alpha value is -2.88. The molecule has 0 N–H and O–H groups in total. The van der Waals surface area contributed by atoms with E-state index in [1.807, 2.05) is 30.9 Å². The topological polar surface area (TPSA) is 42.4 Å². The van der Waals surface area contributed by atoms with E-state index in [1.165, 1.54) is 28.7 Å². The maximum absolute atomic E-state index is 12.7. The fraction of sp³-hybridized carbons (Fsp3) is 0.385. The summed E-state index contributed by atoms with van der Waals surface area (Å²) >= 11 is 0. The van der Waals surface area contributed by atoms with Crippen molar-refractivity contribution in [3.63, 3.8) is 0 Å². The average molecular weight is 403 g/mol. The van der Waals surface area contributed by atoms with Crippen LogP contribution in [0.3, 0.4) is 0 Å². The van der Waals surface area contributed by atoms with Crippen LogP contribution in [0.5, 0.6) is 5.75 Å². The minimum absolute atomic E-state index is 0.0724. The summed E-state index contributed by atoms with van der Waals surface area (Å²) in [5.41, 5.74) is 6.82. The highest BCUT2D eigenvalue weighted by molar-refractivity contribution is 5.97. The number of pyridine rings is 1. The molecule has 0 unspecified atom stereocenters. The molecule has 4 rings (SSSR count). The molecular weight excluding hydrogens is 372 g/mol. The Kier molecular flexibility index (Phi) is 5.76. The highest BCUT2D eigenvalue weighted by Crippen LogP contribution is 2.34. The maximum Gasteiger partial charge on any atom is 0.263 e. The minimum atomic E-state index is -0.497. The van der Waals surface area contributed by atoms with Gasteiger partial charge in [0.2, 0.25) is 0 Å². The first-order chi connectivity index (χ1) is 14.4. The van der Waals surface area contributed by atoms with Gasteiger partial charge in [0.05, 0.1) is 5.52 Å². The van der Waals surface area contributed by atoms with Crippen LogP contribution in [0.15, 0.2) is 42.5 Å². The van der Waals surface area contributed by atoms with Crippen molar-refractivity contribution in [1.29, 1.82) is 0 Å². The molecular formula is C26H30N2O2. The summed E-state index contributed by atoms with van der Waals surface area (Å²) in [5, 5.41) is 1.10. The summed E-state index contributed by atoms with van der Waals surface area (Å²) in [5.74, 6) is 0.758. The second-order valence-electron chi connectivity index (χ2n) is 8.40. The lowest BCUT2D eigenvalue weighted by molar-refractivity contribution is -0.138. The van der Waals surface area contributed by atoms with Crippen LogP contribution in [-0.4, -0.2) is 35.0 Å². The first-order valence-electron chi connectivity index (χ1n) is 10.9. The minimum Gasteiger partial charge on any atom is -0.481 e. The molecule has 156 valence electrons. The quantitative estimate of drug-likeness (QED) is 0.570. The normalized spacial score (nSPS) is 15.3. The molecule has 2 heterocycles. The summed E-state index contributed by atoms with van der Waals surface area (Å²) in [6, 6.07) is 14.5. The highest BCUT2D eigenvalue weighted by atomic mass is 16.5. The number of amides is 1. The van der Waals surface area contributed by atoms with Gasteiger partial charge in [0.25, 0.3) is 5.91 Å². The van der Waals surface area contributed by atoms with Crippen LogP contribution in [-0.2, 0) is 4.79 Å². The molecule has 0 saturated carbocycles. The van der Waals surface area contributed by atoms with Crippen molar-refractivity contribution in [2.45, 2.75) is 53.1 Å². The third kappa shape index (κ3) is 4.04. The second kappa shape index (κ2) is 8.47. The third-order valence-electron chi connectivity index (χ3n) is 5.99. The summed E-state index contributed by atoms with van der Waals surface area (Å²) in [4.78, 5) is 19.4. The molecule has 4 heteroatoms. The number of carbonyl (C=O) groups excluding carboxylic acids is 1. The molecule has 1 aliphatic heterocycles. The summed E-state index contributed by atoms with van der Waals surface area (Å²) < 4.78 is 6.04. The zero-order chi connectivity index (χ0) is 21.3. The van der Waals surface area contributed by atoms with Crippen molar-refractivity contribution < 1.29 is 9.53 Å². The van der Waals surface area contributed by atoms with Crippen LogP contribution >= 0.6 is 0 Å². The highest BCUT2D eigenvalue weighted by Gasteiger charge is 2.23. The van der Waals surface area contributed by atoms with E-state index in [-0.39, 0.29) is 5.91 Å². The SMILES string of the molecule is Cc1cc(-c2c(C)cccc2C)c2ccc(O[C@H](C)C(=O)N3CCCCC3)cc2n1. The number of carbonyl (C=O) groups is 1. The fourth-order valence-electron chi connectivity index (χ4n) is 4.49. The molecule has 0 bridgehead atoms. The number of likely N-dealkylation sites (tertiary alicyclic amines) is 1. The summed E-state index contributed by atoms with van der Waals surface area (Å²) in [7, 11) is 0. The largest absolute Gasteiger partial charge is 0.481 e. The van der Waals surface area contributed by atoms with E-state index in [0.29, 0.717) is 5.75 Å². The number of aryl methyl sites for hydroxylation is 3. The average Bonchev–Trinajstić information content (AvgIpc) is 2.73. The van der Waals surface area contributed by atoms with E-state index < -0.39 is 6.10 Å². The molecule has 1 aromatic heterocycles. The van der Waals surface area contributed by atoms with Gasteiger partial charge in [0.15, 0.2) is 6.10 Å². The number of aromatic nitrogens is 1. The van der Waals surface area contributed by atoms with E-state index in [0.717, 1.165) is 42.5 Å². The number of nitrogens with zero attached hydrogens (tertiary/aromatic N) is 2. The lowest BCUT2D eigenvalue weighted by atomic mass is 9.93. The monoisotopic (exact) mass is 402 g/mol. The first-order valence-corrected chi connectivity index (χ1v) is 10.9. The predicted molar refractivity (Wildman–Crippen MR) is 122 cm³/mol. The van der Waals surface area contributed by atoms with Crippen molar-refractivity contribution >= 4 is 16.8 Å². The molecule has 1 saturated heterocycles. The summed E-state index contributed by atoms with van der Waals surface area (Å²) in [6.07, 6.45) is 2.87. The van der Waals surface area contributed by atoms with Crippen molar-refractivity contribution in [2.24, 2.45) is 0 Å². The molecule has 0 spiro atoms. The molecule has 1 atom stereocenters. The Morgan fingerprint density at radius 2 is 1.70 bits per heavy atom. The molecule has 1 fully saturated rings. The van der Waals surface area contributed by atoms with Crippen LogP contribution in [0.4, 0.5) is 0 Å². The molecule has 1 amide bonds. The van der Waals surface area contributed by atoms with Crippen LogP contribution in [0, 0.1) is 20.8 Å². The Labute approximate surface area is 178 Å². The number of fused-ring (bicyclic) bond motifs is 1. The molecule has 4 nitrogen and oxygen atoms in total. The zero-order valence-electron chi connectivity index (χ0n) is 18.4. The van der Waals surface area contributed by atoms with Gasteiger partial charge in [-0.2, -0.15) is 0 Å². The molecule has 0 radical (unpaired) electrons. The van der Waals surface area contributed by atoms with Crippen molar-refractivity contribution in [3.05, 3.63) is 59.3 Å². The Bertz CT molecular complexity index is 1060. The number of benzene rings is 2. The Morgan fingerprint density at radius 3 is 2.40 bits per heavy atom. The molecule has 30 heavy (non-hydrogen) atoms. The van der Waals surface area contributed by atoms with Gasteiger partial charge >= 0.3 is 0 Å². The first kappa shape index (κ1) is 20.4. The third-order valence-corrected chi connectivity index (χ3v) is 5.99. The van der Waals surface area contributed by atoms with Crippen LogP contribution in [0.1, 0.15) is 43.0 Å². The van der Waals surface area contributed by atoms with Crippen molar-refractivity contribution in [1.82, 2.24) is 9.88 Å². The van der Waals surface area contributed by atoms with E-state index in [1.54, 1.807) is 0 Å². The molecule has 1 aliphatic rings. The van der Waals surface area contributed by atoms with E-state index in [2.05, 4.69) is 44.2 Å². The van der Waals surface area contributed by atoms with Crippen LogP contribution < -0.4 is 4.74 Å². The predicted octanol–water partition coefficient (Wildman–Crippen LogP) is 5.61. The zero-order valence-corrected chi connectivity index (χ0v) is 18.4. The number of piperidine rings is 1. The lowest BCUT2D eigenvalue weighted by Crippen LogP contribution is -2.43. The fourth-order valence-corrected chi connectivity index (χ4v) is 4.49. The van der Waals surface area contributed by atoms with Gasteiger partial charge < -0.3 is 9.64 Å². The van der Waals surface area contributed by atoms with E-state index in [9.17, 15) is 4.79 Å². The number of hydrogen-bond donors (Lipinski definition) is 0. The number of hydrogen-bond acceptors (Lipinski definition) is 3. The van der Waals surface area contributed by atoms with Gasteiger partial charge in [-0.1, -0.05) is 18.2 Å². The molecule has 0 aliphatic carbocycles. The Morgan fingerprint density at radius 1 is 1.00 bits per heavy atom. The molecule has 2 aromatic carbocycles. The lowest BCUT2D eigenvalue weighted by Gasteiger charge is -2.29. The summed E-state index contributed by atoms with van der Waals surface area (Å²) in [6.45, 7) is 9.83. The molecule has 3 aromatic rings. The van der Waals surface area contributed by atoms with Gasteiger partial charge in [-0.05, 0) is 87.4 Å². The van der Waals surface area contributed by atoms with E-state index >= 15 is 0 Å². The van der Waals surface area contributed by atoms with Gasteiger partial charge in [0.1, 0.15) is 5.75 Å². The van der Waals surface area contributed by atoms with Crippen LogP contribution in [0.2, 0.25) is 0 Å². The number of rotatable bonds is 4. The van der Waals surface area contributed by atoms with Crippen molar-refractivity contribution in [2.75, 3.05) is 13.1 Å². The van der Waals surface area contributed by atoms with Crippen LogP contribution in [0.25, 0.3) is 22.0 Å². The van der Waals surface area contributed by atoms with Gasteiger partial charge in [-0.25, -0.2) is 0 Å². The maximum atomic E-state index is 12.7. The van der Waals surface area contributed by atoms with E-state index in [4.69, 9.17) is 9.72 Å². The smallest absolute Gasteiger partial charge is 0.263 e. The van der Waals surface area contributed by atoms with Gasteiger partial charge in [-0.3, -0.25) is 9.78 Å². The second-order valence-corrected chi connectivity index (χ2v) is 8.40.